The largest absolute Gasteiger partial charge is 0.373 e. The van der Waals surface area contributed by atoms with Crippen LogP contribution in [0.4, 0.5) is 0 Å². The molecule has 0 radical (unpaired) electrons. The summed E-state index contributed by atoms with van der Waals surface area (Å²) >= 11 is 3.41. The van der Waals surface area contributed by atoms with E-state index in [1.807, 2.05) is 0 Å². The van der Waals surface area contributed by atoms with Gasteiger partial charge in [-0.25, -0.2) is 0 Å². The molecule has 0 unspecified atom stereocenters. The average Bonchev–Trinajstić information content (AvgIpc) is 2.87. The summed E-state index contributed by atoms with van der Waals surface area (Å²) in [4.78, 5) is 0. The molecule has 1 aliphatic rings. The summed E-state index contributed by atoms with van der Waals surface area (Å²) in [7, 11) is 0. The van der Waals surface area contributed by atoms with E-state index in [-0.39, 0.29) is 0 Å². The van der Waals surface area contributed by atoms with E-state index in [1.165, 1.54) is 12.0 Å². The van der Waals surface area contributed by atoms with E-state index >= 15 is 0 Å². The van der Waals surface area contributed by atoms with Gasteiger partial charge in [0.1, 0.15) is 0 Å². The Kier molecular flexibility index (Phi) is 2.47. The van der Waals surface area contributed by atoms with E-state index in [2.05, 4.69) is 40.2 Å². The highest BCUT2D eigenvalue weighted by atomic mass is 79.9. The first-order valence-corrected chi connectivity index (χ1v) is 5.00. The summed E-state index contributed by atoms with van der Waals surface area (Å²) in [6, 6.07) is 8.49. The Labute approximate surface area is 80.9 Å². The van der Waals surface area contributed by atoms with Crippen LogP contribution in [0.1, 0.15) is 12.0 Å². The van der Waals surface area contributed by atoms with Crippen LogP contribution in [0.25, 0.3) is 0 Å². The van der Waals surface area contributed by atoms with Crippen molar-refractivity contribution >= 4 is 15.9 Å². The quantitative estimate of drug-likeness (QED) is 0.723. The standard InChI is InChI=1S/C10H11BrO/c11-9-4-1-8(2-5-9)3-6-10-7-12-10/h1-2,4-5,10H,3,6-7H2/t10-/m0/s1. The Bertz CT molecular complexity index is 251. The zero-order valence-corrected chi connectivity index (χ0v) is 8.38. The summed E-state index contributed by atoms with van der Waals surface area (Å²) < 4.78 is 6.29. The highest BCUT2D eigenvalue weighted by molar-refractivity contribution is 9.10. The Balaban J connectivity index is 1.89. The summed E-state index contributed by atoms with van der Waals surface area (Å²) in [6.45, 7) is 0.969. The lowest BCUT2D eigenvalue weighted by atomic mass is 10.1. The van der Waals surface area contributed by atoms with Crippen molar-refractivity contribution in [2.45, 2.75) is 18.9 Å². The van der Waals surface area contributed by atoms with Crippen LogP contribution in [0.15, 0.2) is 28.7 Å². The van der Waals surface area contributed by atoms with Crippen LogP contribution in [-0.2, 0) is 11.2 Å². The second-order valence-corrected chi connectivity index (χ2v) is 4.04. The number of hydrogen-bond acceptors (Lipinski definition) is 1. The number of hydrogen-bond donors (Lipinski definition) is 0. The molecule has 1 aromatic rings. The number of epoxide rings is 1. The first-order chi connectivity index (χ1) is 5.84. The van der Waals surface area contributed by atoms with Crippen LogP contribution in [0, 0.1) is 0 Å². The fourth-order valence-corrected chi connectivity index (χ4v) is 1.48. The molecule has 1 heterocycles. The predicted molar refractivity (Wildman–Crippen MR) is 52.2 cm³/mol. The van der Waals surface area contributed by atoms with Crippen LogP contribution in [0.3, 0.4) is 0 Å². The third kappa shape index (κ3) is 2.32. The molecule has 1 aliphatic heterocycles. The van der Waals surface area contributed by atoms with Crippen molar-refractivity contribution in [3.05, 3.63) is 34.3 Å². The predicted octanol–water partition coefficient (Wildman–Crippen LogP) is 2.78. The normalized spacial score (nSPS) is 20.9. The van der Waals surface area contributed by atoms with Crippen molar-refractivity contribution in [3.63, 3.8) is 0 Å². The molecular formula is C10H11BrO. The number of ether oxygens (including phenoxy) is 1. The van der Waals surface area contributed by atoms with Crippen LogP contribution in [-0.4, -0.2) is 12.7 Å². The van der Waals surface area contributed by atoms with Gasteiger partial charge in [-0.1, -0.05) is 28.1 Å². The second kappa shape index (κ2) is 3.58. The maximum absolute atomic E-state index is 5.14. The van der Waals surface area contributed by atoms with Crippen LogP contribution in [0.2, 0.25) is 0 Å². The molecule has 1 nitrogen and oxygen atoms in total. The van der Waals surface area contributed by atoms with Crippen LogP contribution >= 0.6 is 15.9 Å². The van der Waals surface area contributed by atoms with E-state index in [0.29, 0.717) is 6.10 Å². The lowest BCUT2D eigenvalue weighted by Crippen LogP contribution is -1.90. The maximum Gasteiger partial charge on any atom is 0.0813 e. The monoisotopic (exact) mass is 226 g/mol. The Hall–Kier alpha value is -0.340. The summed E-state index contributed by atoms with van der Waals surface area (Å²) in [5, 5.41) is 0. The lowest BCUT2D eigenvalue weighted by Gasteiger charge is -1.98. The average molecular weight is 227 g/mol. The number of benzene rings is 1. The van der Waals surface area contributed by atoms with E-state index in [9.17, 15) is 0 Å². The van der Waals surface area contributed by atoms with E-state index in [1.54, 1.807) is 0 Å². The van der Waals surface area contributed by atoms with Crippen LogP contribution < -0.4 is 0 Å². The highest BCUT2D eigenvalue weighted by Gasteiger charge is 2.21. The highest BCUT2D eigenvalue weighted by Crippen LogP contribution is 2.18. The molecule has 1 saturated heterocycles. The van der Waals surface area contributed by atoms with Gasteiger partial charge in [0.25, 0.3) is 0 Å². The minimum Gasteiger partial charge on any atom is -0.373 e. The van der Waals surface area contributed by atoms with Gasteiger partial charge in [0.15, 0.2) is 0 Å². The zero-order valence-electron chi connectivity index (χ0n) is 6.79. The van der Waals surface area contributed by atoms with E-state index in [0.717, 1.165) is 17.5 Å². The first-order valence-electron chi connectivity index (χ1n) is 4.20. The summed E-state index contributed by atoms with van der Waals surface area (Å²) in [5.74, 6) is 0. The molecule has 0 spiro atoms. The van der Waals surface area contributed by atoms with Crippen molar-refractivity contribution < 1.29 is 4.74 Å². The van der Waals surface area contributed by atoms with Crippen molar-refractivity contribution in [1.82, 2.24) is 0 Å². The molecule has 12 heavy (non-hydrogen) atoms. The van der Waals surface area contributed by atoms with Crippen molar-refractivity contribution in [1.29, 1.82) is 0 Å². The van der Waals surface area contributed by atoms with Gasteiger partial charge >= 0.3 is 0 Å². The molecule has 1 fully saturated rings. The molecule has 0 aromatic heterocycles. The van der Waals surface area contributed by atoms with Gasteiger partial charge in [-0.05, 0) is 30.5 Å². The molecule has 0 saturated carbocycles. The van der Waals surface area contributed by atoms with Gasteiger partial charge in [-0.3, -0.25) is 0 Å². The smallest absolute Gasteiger partial charge is 0.0813 e. The van der Waals surface area contributed by atoms with Gasteiger partial charge in [-0.15, -0.1) is 0 Å². The number of aryl methyl sites for hydroxylation is 1. The molecule has 0 amide bonds. The molecular weight excluding hydrogens is 216 g/mol. The molecule has 0 N–H and O–H groups in total. The minimum atomic E-state index is 0.550. The fraction of sp³-hybridized carbons (Fsp3) is 0.400. The van der Waals surface area contributed by atoms with Gasteiger partial charge < -0.3 is 4.74 Å². The lowest BCUT2D eigenvalue weighted by molar-refractivity contribution is 0.397. The number of halogens is 1. The van der Waals surface area contributed by atoms with Crippen molar-refractivity contribution in [2.24, 2.45) is 0 Å². The molecule has 2 heteroatoms. The minimum absolute atomic E-state index is 0.550. The first kappa shape index (κ1) is 8.27. The second-order valence-electron chi connectivity index (χ2n) is 3.12. The van der Waals surface area contributed by atoms with Gasteiger partial charge in [0.2, 0.25) is 0 Å². The van der Waals surface area contributed by atoms with Crippen LogP contribution in [0.5, 0.6) is 0 Å². The third-order valence-corrected chi connectivity index (χ3v) is 2.60. The van der Waals surface area contributed by atoms with Gasteiger partial charge in [0.05, 0.1) is 12.7 Å². The molecule has 1 aromatic carbocycles. The fourth-order valence-electron chi connectivity index (χ4n) is 1.21. The topological polar surface area (TPSA) is 12.5 Å². The molecule has 0 bridgehead atoms. The van der Waals surface area contributed by atoms with Crippen molar-refractivity contribution in [2.75, 3.05) is 6.61 Å². The Morgan fingerprint density at radius 2 is 2.00 bits per heavy atom. The Morgan fingerprint density at radius 3 is 2.58 bits per heavy atom. The van der Waals surface area contributed by atoms with Gasteiger partial charge in [-0.2, -0.15) is 0 Å². The van der Waals surface area contributed by atoms with E-state index < -0.39 is 0 Å². The number of rotatable bonds is 3. The molecule has 2 rings (SSSR count). The molecule has 1 atom stereocenters. The molecule has 64 valence electrons. The summed E-state index contributed by atoms with van der Waals surface area (Å²) in [6.07, 6.45) is 2.85. The SMILES string of the molecule is Brc1ccc(CC[C@H]2CO2)cc1. The summed E-state index contributed by atoms with van der Waals surface area (Å²) in [5.41, 5.74) is 1.40. The zero-order chi connectivity index (χ0) is 8.39. The van der Waals surface area contributed by atoms with Gasteiger partial charge in [0, 0.05) is 4.47 Å². The Morgan fingerprint density at radius 1 is 1.33 bits per heavy atom. The third-order valence-electron chi connectivity index (χ3n) is 2.07. The maximum atomic E-state index is 5.14. The molecule has 0 aliphatic carbocycles. The van der Waals surface area contributed by atoms with Crippen molar-refractivity contribution in [3.8, 4) is 0 Å². The van der Waals surface area contributed by atoms with E-state index in [4.69, 9.17) is 4.74 Å².